The molecule has 0 heterocycles. The highest BCUT2D eigenvalue weighted by atomic mass is 127. The molecular weight excluding hydrogens is 1850 g/mol. The van der Waals surface area contributed by atoms with Crippen LogP contribution in [0.3, 0.4) is 0 Å². The lowest BCUT2D eigenvalue weighted by molar-refractivity contribution is 0.634. The van der Waals surface area contributed by atoms with Crippen molar-refractivity contribution in [3.05, 3.63) is 0 Å². The van der Waals surface area contributed by atoms with Crippen molar-refractivity contribution < 1.29 is 0 Å². The van der Waals surface area contributed by atoms with E-state index in [-0.39, 0.29) is 0 Å². The number of alkyl halides is 13. The van der Waals surface area contributed by atoms with Crippen LogP contribution in [0.4, 0.5) is 0 Å². The van der Waals surface area contributed by atoms with Gasteiger partial charge in [0.05, 0.1) is 0 Å². The minimum Gasteiger partial charge on any atom is -0.0852 e. The first-order chi connectivity index (χ1) is 13.8. The Balaban J connectivity index is 4.61. The van der Waals surface area contributed by atoms with Crippen LogP contribution in [0.5, 0.6) is 0 Å². The SMILES string of the molecule is C[C@@H](I)C(I)C(I)C(I)C(I)CCC(I)[C@@H](I)CC(I)C(I)C(I)C(I)C(I)CI. The van der Waals surface area contributed by atoms with Gasteiger partial charge in [0.15, 0.2) is 0 Å². The summed E-state index contributed by atoms with van der Waals surface area (Å²) in [6.07, 6.45) is 4.02. The van der Waals surface area contributed by atoms with Gasteiger partial charge < -0.3 is 0 Å². The van der Waals surface area contributed by atoms with E-state index in [2.05, 4.69) is 301 Å². The van der Waals surface area contributed by atoms with Gasteiger partial charge in [0, 0.05) is 51.5 Å². The molecule has 0 fully saturated rings. The molecule has 13 heteroatoms. The second-order valence-electron chi connectivity index (χ2n) is 6.89. The van der Waals surface area contributed by atoms with Gasteiger partial charge in [-0.25, -0.2) is 0 Å². The van der Waals surface area contributed by atoms with E-state index in [9.17, 15) is 0 Å². The molecule has 0 spiro atoms. The second kappa shape index (κ2) is 22.1. The summed E-state index contributed by atoms with van der Waals surface area (Å²) >= 11 is 35.0. The van der Waals surface area contributed by atoms with Crippen molar-refractivity contribution in [1.29, 1.82) is 0 Å². The van der Waals surface area contributed by atoms with Crippen molar-refractivity contribution in [1.82, 2.24) is 0 Å². The van der Waals surface area contributed by atoms with Crippen LogP contribution in [-0.4, -0.2) is 51.5 Å². The molecule has 0 aromatic carbocycles. The van der Waals surface area contributed by atoms with Crippen molar-refractivity contribution in [2.75, 3.05) is 4.43 Å². The first-order valence-corrected chi connectivity index (χ1v) is 25.5. The summed E-state index contributed by atoms with van der Waals surface area (Å²) in [6, 6.07) is 0. The minimum atomic E-state index is 0.729. The average molecular weight is 1880 g/mol. The van der Waals surface area contributed by atoms with Crippen LogP contribution in [0, 0.1) is 0 Å². The molecule has 0 aromatic heterocycles. The van der Waals surface area contributed by atoms with Crippen molar-refractivity contribution in [3.63, 3.8) is 0 Å². The zero-order chi connectivity index (χ0) is 23.8. The summed E-state index contributed by atoms with van der Waals surface area (Å²) in [7, 11) is 0. The predicted octanol–water partition coefficient (Wildman–Crippen LogP) is 12.3. The number of rotatable bonds is 15. The van der Waals surface area contributed by atoms with E-state index >= 15 is 0 Å². The highest BCUT2D eigenvalue weighted by Gasteiger charge is 2.34. The molecule has 0 nitrogen and oxygen atoms in total. The molecule has 0 aromatic rings. The zero-order valence-corrected chi connectivity index (χ0v) is 43.7. The zero-order valence-electron chi connectivity index (χ0n) is 15.7. The van der Waals surface area contributed by atoms with Crippen LogP contribution in [0.15, 0.2) is 0 Å². The van der Waals surface area contributed by atoms with Gasteiger partial charge in [-0.1, -0.05) is 301 Å². The Morgan fingerprint density at radius 3 is 1.30 bits per heavy atom. The Labute approximate surface area is 361 Å². The summed E-state index contributed by atoms with van der Waals surface area (Å²) in [5, 5.41) is 0. The molecular formula is C17H23I13. The van der Waals surface area contributed by atoms with Crippen molar-refractivity contribution in [3.8, 4) is 0 Å². The first kappa shape index (κ1) is 39.5. The molecule has 0 saturated carbocycles. The standard InChI is InChI=1S/C17H23I13/c1-6(19)12(25)16(29)13(26)8(21)3-2-7(20)9(22)4-10(23)14(27)17(30)15(28)11(24)5-18/h6-17H,2-5H2,1H3/t6-,7?,8?,9+,10?,11?,12?,13?,14?,15?,16?,17?/m1/s1. The minimum absolute atomic E-state index is 0.729. The van der Waals surface area contributed by atoms with Gasteiger partial charge in [0.2, 0.25) is 0 Å². The predicted molar refractivity (Wildman–Crippen MR) is 252 cm³/mol. The third kappa shape index (κ3) is 15.6. The molecule has 182 valence electrons. The van der Waals surface area contributed by atoms with Crippen LogP contribution in [0.1, 0.15) is 26.2 Å². The third-order valence-corrected chi connectivity index (χ3v) is 36.8. The molecule has 0 aliphatic carbocycles. The molecule has 30 heavy (non-hydrogen) atoms. The molecule has 0 saturated heterocycles. The smallest absolute Gasteiger partial charge is 0.0366 e. The topological polar surface area (TPSA) is 0 Å². The van der Waals surface area contributed by atoms with E-state index in [1.807, 2.05) is 0 Å². The molecule has 0 rings (SSSR count). The fraction of sp³-hybridized carbons (Fsp3) is 1.00. The Morgan fingerprint density at radius 1 is 0.433 bits per heavy atom. The molecule has 0 aliphatic rings. The first-order valence-electron chi connectivity index (χ1n) is 9.00. The molecule has 12 atom stereocenters. The van der Waals surface area contributed by atoms with E-state index < -0.39 is 0 Å². The maximum absolute atomic E-state index is 2.74. The van der Waals surface area contributed by atoms with E-state index in [1.54, 1.807) is 0 Å². The summed E-state index contributed by atoms with van der Waals surface area (Å²) in [5.41, 5.74) is 0. The normalized spacial score (nSPS) is 24.6. The quantitative estimate of drug-likeness (QED) is 0.113. The number of hydrogen-bond acceptors (Lipinski definition) is 0. The summed E-state index contributed by atoms with van der Waals surface area (Å²) in [6.45, 7) is 2.35. The van der Waals surface area contributed by atoms with Gasteiger partial charge >= 0.3 is 0 Å². The highest BCUT2D eigenvalue weighted by Crippen LogP contribution is 2.39. The fourth-order valence-corrected chi connectivity index (χ4v) is 18.8. The van der Waals surface area contributed by atoms with Gasteiger partial charge in [-0.15, -0.1) is 0 Å². The molecule has 0 radical (unpaired) electrons. The largest absolute Gasteiger partial charge is 0.0852 e. The summed E-state index contributed by atoms with van der Waals surface area (Å²) in [4.78, 5) is 0. The number of hydrogen-bond donors (Lipinski definition) is 0. The molecule has 0 amide bonds. The van der Waals surface area contributed by atoms with Crippen LogP contribution in [0.25, 0.3) is 0 Å². The van der Waals surface area contributed by atoms with Crippen LogP contribution >= 0.6 is 294 Å². The van der Waals surface area contributed by atoms with E-state index in [0.717, 1.165) is 47.1 Å². The van der Waals surface area contributed by atoms with Crippen LogP contribution in [0.2, 0.25) is 0 Å². The van der Waals surface area contributed by atoms with Crippen molar-refractivity contribution >= 4 is 294 Å². The van der Waals surface area contributed by atoms with Gasteiger partial charge in [-0.3, -0.25) is 0 Å². The molecule has 10 unspecified atom stereocenters. The Bertz CT molecular complexity index is 453. The monoisotopic (exact) mass is 1880 g/mol. The van der Waals surface area contributed by atoms with Gasteiger partial charge in [-0.2, -0.15) is 0 Å². The second-order valence-corrected chi connectivity index (χ2v) is 26.4. The van der Waals surface area contributed by atoms with Gasteiger partial charge in [0.25, 0.3) is 0 Å². The third-order valence-electron chi connectivity index (χ3n) is 4.40. The lowest BCUT2D eigenvalue weighted by Crippen LogP contribution is -2.37. The highest BCUT2D eigenvalue weighted by molar-refractivity contribution is 14.1. The Hall–Kier alpha value is 9.49. The summed E-state index contributed by atoms with van der Waals surface area (Å²) in [5.74, 6) is 0. The lowest BCUT2D eigenvalue weighted by Gasteiger charge is -2.30. The van der Waals surface area contributed by atoms with Crippen LogP contribution in [-0.2, 0) is 0 Å². The Kier molecular flexibility index (Phi) is 29.1. The Morgan fingerprint density at radius 2 is 0.833 bits per heavy atom. The van der Waals surface area contributed by atoms with Gasteiger partial charge in [-0.05, 0) is 19.3 Å². The van der Waals surface area contributed by atoms with E-state index in [4.69, 9.17) is 0 Å². The maximum atomic E-state index is 2.74. The van der Waals surface area contributed by atoms with Crippen LogP contribution < -0.4 is 0 Å². The maximum Gasteiger partial charge on any atom is 0.0366 e. The van der Waals surface area contributed by atoms with E-state index in [0.29, 0.717) is 0 Å². The van der Waals surface area contributed by atoms with Gasteiger partial charge in [0.1, 0.15) is 0 Å². The van der Waals surface area contributed by atoms with E-state index in [1.165, 1.54) is 23.7 Å². The molecule has 0 aliphatic heterocycles. The molecule has 0 bridgehead atoms. The fourth-order valence-electron chi connectivity index (χ4n) is 2.44. The average Bonchev–Trinajstić information content (AvgIpc) is 2.72. The summed E-state index contributed by atoms with van der Waals surface area (Å²) < 4.78 is 10.2. The van der Waals surface area contributed by atoms with Crippen molar-refractivity contribution in [2.45, 2.75) is 73.3 Å². The van der Waals surface area contributed by atoms with Crippen molar-refractivity contribution in [2.24, 2.45) is 0 Å². The number of halogens is 13. The lowest BCUT2D eigenvalue weighted by atomic mass is 10.0. The molecule has 0 N–H and O–H groups in total.